The number of rotatable bonds is 4. The van der Waals surface area contributed by atoms with Crippen molar-refractivity contribution in [1.82, 2.24) is 4.72 Å². The monoisotopic (exact) mass is 286 g/mol. The normalized spacial score (nSPS) is 20.8. The number of nitrogens with two attached hydrogens (primary N) is 1. The van der Waals surface area contributed by atoms with Crippen molar-refractivity contribution in [1.29, 1.82) is 0 Å². The Kier molecular flexibility index (Phi) is 4.53. The summed E-state index contributed by atoms with van der Waals surface area (Å²) in [6.07, 6.45) is 3.50. The summed E-state index contributed by atoms with van der Waals surface area (Å²) in [7, 11) is -3.48. The van der Waals surface area contributed by atoms with Crippen molar-refractivity contribution < 1.29 is 8.42 Å². The van der Waals surface area contributed by atoms with Gasteiger partial charge in [0, 0.05) is 11.8 Å². The molecule has 1 heterocycles. The molecule has 1 atom stereocenters. The van der Waals surface area contributed by atoms with Crippen LogP contribution >= 0.6 is 11.8 Å². The summed E-state index contributed by atoms with van der Waals surface area (Å²) in [6.45, 7) is 0.487. The quantitative estimate of drug-likeness (QED) is 0.828. The lowest BCUT2D eigenvalue weighted by Gasteiger charge is -2.21. The average Bonchev–Trinajstić information content (AvgIpc) is 2.38. The van der Waals surface area contributed by atoms with Gasteiger partial charge in [0.2, 0.25) is 10.0 Å². The number of para-hydroxylation sites is 1. The van der Waals surface area contributed by atoms with Gasteiger partial charge in [0.15, 0.2) is 0 Å². The molecular formula is C12H18N2O2S2. The second-order valence-electron chi connectivity index (χ2n) is 4.38. The maximum absolute atomic E-state index is 12.1. The Hall–Kier alpha value is -0.720. The topological polar surface area (TPSA) is 72.2 Å². The highest BCUT2D eigenvalue weighted by Gasteiger charge is 2.20. The number of sulfonamides is 1. The molecule has 0 spiro atoms. The van der Waals surface area contributed by atoms with Crippen LogP contribution in [0.15, 0.2) is 29.2 Å². The van der Waals surface area contributed by atoms with E-state index in [1.165, 1.54) is 18.9 Å². The lowest BCUT2D eigenvalue weighted by atomic mass is 10.2. The van der Waals surface area contributed by atoms with Gasteiger partial charge >= 0.3 is 0 Å². The molecule has 0 bridgehead atoms. The number of nitrogen functional groups attached to an aromatic ring is 1. The van der Waals surface area contributed by atoms with Gasteiger partial charge in [-0.05, 0) is 30.7 Å². The van der Waals surface area contributed by atoms with Crippen molar-refractivity contribution in [2.75, 3.05) is 18.0 Å². The molecule has 0 saturated carbocycles. The Balaban J connectivity index is 2.01. The number of hydrogen-bond acceptors (Lipinski definition) is 4. The summed E-state index contributed by atoms with van der Waals surface area (Å²) in [5.74, 6) is 1.12. The predicted octanol–water partition coefficient (Wildman–Crippen LogP) is 1.83. The van der Waals surface area contributed by atoms with Gasteiger partial charge in [-0.3, -0.25) is 0 Å². The molecule has 4 nitrogen and oxygen atoms in total. The molecule has 1 aromatic rings. The first kappa shape index (κ1) is 13.7. The zero-order valence-corrected chi connectivity index (χ0v) is 11.8. The minimum Gasteiger partial charge on any atom is -0.398 e. The molecule has 0 aromatic heterocycles. The molecule has 1 saturated heterocycles. The second kappa shape index (κ2) is 5.95. The molecule has 1 fully saturated rings. The van der Waals surface area contributed by atoms with E-state index in [-0.39, 0.29) is 4.90 Å². The third kappa shape index (κ3) is 3.40. The third-order valence-electron chi connectivity index (χ3n) is 2.98. The molecular weight excluding hydrogens is 268 g/mol. The van der Waals surface area contributed by atoms with Crippen LogP contribution in [-0.4, -0.2) is 26.0 Å². The van der Waals surface area contributed by atoms with Gasteiger partial charge in [0.25, 0.3) is 0 Å². The van der Waals surface area contributed by atoms with E-state index in [2.05, 4.69) is 4.72 Å². The maximum atomic E-state index is 12.1. The van der Waals surface area contributed by atoms with Crippen molar-refractivity contribution in [3.63, 3.8) is 0 Å². The van der Waals surface area contributed by atoms with E-state index < -0.39 is 10.0 Å². The highest BCUT2D eigenvalue weighted by Crippen LogP contribution is 2.25. The van der Waals surface area contributed by atoms with E-state index in [9.17, 15) is 8.42 Å². The molecule has 0 amide bonds. The summed E-state index contributed by atoms with van der Waals surface area (Å²) in [4.78, 5) is 0.172. The van der Waals surface area contributed by atoms with E-state index in [4.69, 9.17) is 5.73 Å². The molecule has 0 radical (unpaired) electrons. The van der Waals surface area contributed by atoms with Crippen LogP contribution in [0.2, 0.25) is 0 Å². The summed E-state index contributed by atoms with van der Waals surface area (Å²) in [5.41, 5.74) is 5.98. The molecule has 100 valence electrons. The minimum absolute atomic E-state index is 0.172. The molecule has 2 rings (SSSR count). The van der Waals surface area contributed by atoms with Gasteiger partial charge in [0.05, 0.1) is 5.69 Å². The van der Waals surface area contributed by atoms with E-state index in [0.29, 0.717) is 17.5 Å². The molecule has 1 unspecified atom stereocenters. The van der Waals surface area contributed by atoms with Gasteiger partial charge in [0.1, 0.15) is 4.90 Å². The van der Waals surface area contributed by atoms with Crippen LogP contribution in [-0.2, 0) is 10.0 Å². The smallest absolute Gasteiger partial charge is 0.242 e. The Labute approximate surface area is 112 Å². The number of benzene rings is 1. The van der Waals surface area contributed by atoms with Crippen molar-refractivity contribution in [2.24, 2.45) is 0 Å². The van der Waals surface area contributed by atoms with Crippen LogP contribution in [0.1, 0.15) is 19.3 Å². The third-order valence-corrected chi connectivity index (χ3v) is 5.88. The number of hydrogen-bond donors (Lipinski definition) is 2. The molecule has 6 heteroatoms. The molecule has 3 N–H and O–H groups in total. The molecule has 1 aliphatic rings. The fourth-order valence-electron chi connectivity index (χ4n) is 1.97. The fraction of sp³-hybridized carbons (Fsp3) is 0.500. The Morgan fingerprint density at radius 2 is 2.11 bits per heavy atom. The lowest BCUT2D eigenvalue weighted by Crippen LogP contribution is -2.32. The zero-order chi connectivity index (χ0) is 13.0. The van der Waals surface area contributed by atoms with Crippen LogP contribution in [0.4, 0.5) is 5.69 Å². The Bertz CT molecular complexity index is 497. The highest BCUT2D eigenvalue weighted by atomic mass is 32.2. The largest absolute Gasteiger partial charge is 0.398 e. The maximum Gasteiger partial charge on any atom is 0.242 e. The number of nitrogens with one attached hydrogen (secondary N) is 1. The zero-order valence-electron chi connectivity index (χ0n) is 10.1. The predicted molar refractivity (Wildman–Crippen MR) is 76.1 cm³/mol. The van der Waals surface area contributed by atoms with Gasteiger partial charge in [-0.25, -0.2) is 13.1 Å². The standard InChI is InChI=1S/C12H18N2O2S2/c13-11-6-1-2-7-12(11)18(15,16)14-9-10-5-3-4-8-17-10/h1-2,6-7,10,14H,3-5,8-9,13H2. The first-order valence-corrected chi connectivity index (χ1v) is 8.58. The summed E-state index contributed by atoms with van der Waals surface area (Å²) < 4.78 is 26.8. The first-order chi connectivity index (χ1) is 8.59. The van der Waals surface area contributed by atoms with Crippen molar-refractivity contribution in [2.45, 2.75) is 29.4 Å². The average molecular weight is 286 g/mol. The number of thioether (sulfide) groups is 1. The van der Waals surface area contributed by atoms with Crippen molar-refractivity contribution in [3.8, 4) is 0 Å². The molecule has 1 aromatic carbocycles. The Morgan fingerprint density at radius 1 is 1.33 bits per heavy atom. The molecule has 18 heavy (non-hydrogen) atoms. The van der Waals surface area contributed by atoms with Gasteiger partial charge in [-0.15, -0.1) is 0 Å². The summed E-state index contributed by atoms with van der Waals surface area (Å²) in [6, 6.07) is 6.54. The van der Waals surface area contributed by atoms with Gasteiger partial charge in [-0.1, -0.05) is 18.6 Å². The van der Waals surface area contributed by atoms with E-state index in [1.54, 1.807) is 18.2 Å². The first-order valence-electron chi connectivity index (χ1n) is 6.05. The lowest BCUT2D eigenvalue weighted by molar-refractivity contribution is 0.574. The van der Waals surface area contributed by atoms with E-state index in [1.807, 2.05) is 11.8 Å². The fourth-order valence-corrected chi connectivity index (χ4v) is 4.53. The van der Waals surface area contributed by atoms with Gasteiger partial charge < -0.3 is 5.73 Å². The van der Waals surface area contributed by atoms with Crippen molar-refractivity contribution in [3.05, 3.63) is 24.3 Å². The van der Waals surface area contributed by atoms with Crippen LogP contribution in [0, 0.1) is 0 Å². The highest BCUT2D eigenvalue weighted by molar-refractivity contribution is 8.00. The minimum atomic E-state index is -3.48. The van der Waals surface area contributed by atoms with E-state index >= 15 is 0 Å². The van der Waals surface area contributed by atoms with Crippen LogP contribution in [0.5, 0.6) is 0 Å². The van der Waals surface area contributed by atoms with Crippen molar-refractivity contribution >= 4 is 27.5 Å². The SMILES string of the molecule is Nc1ccccc1S(=O)(=O)NCC1CCCCS1. The van der Waals surface area contributed by atoms with Crippen LogP contribution in [0.25, 0.3) is 0 Å². The van der Waals surface area contributed by atoms with E-state index in [0.717, 1.165) is 12.2 Å². The molecule has 1 aliphatic heterocycles. The second-order valence-corrected chi connectivity index (χ2v) is 7.52. The Morgan fingerprint density at radius 3 is 2.78 bits per heavy atom. The van der Waals surface area contributed by atoms with Crippen LogP contribution < -0.4 is 10.5 Å². The van der Waals surface area contributed by atoms with Gasteiger partial charge in [-0.2, -0.15) is 11.8 Å². The van der Waals surface area contributed by atoms with Crippen LogP contribution in [0.3, 0.4) is 0 Å². The summed E-state index contributed by atoms with van der Waals surface area (Å²) >= 11 is 1.85. The summed E-state index contributed by atoms with van der Waals surface area (Å²) in [5, 5.41) is 0.387. The number of anilines is 1. The molecule has 0 aliphatic carbocycles.